The summed E-state index contributed by atoms with van der Waals surface area (Å²) in [5, 5.41) is 5.44. The highest BCUT2D eigenvalue weighted by molar-refractivity contribution is 7.09. The first-order chi connectivity index (χ1) is 14.3. The van der Waals surface area contributed by atoms with Gasteiger partial charge in [-0.1, -0.05) is 35.4 Å². The smallest absolute Gasteiger partial charge is 0.358 e. The van der Waals surface area contributed by atoms with Gasteiger partial charge in [0, 0.05) is 16.1 Å². The van der Waals surface area contributed by atoms with Crippen LogP contribution in [0.3, 0.4) is 0 Å². The normalized spacial score (nSPS) is 11.6. The van der Waals surface area contributed by atoms with Gasteiger partial charge in [-0.25, -0.2) is 9.78 Å². The highest BCUT2D eigenvalue weighted by atomic mass is 35.5. The van der Waals surface area contributed by atoms with Gasteiger partial charge in [-0.3, -0.25) is 4.79 Å². The van der Waals surface area contributed by atoms with Gasteiger partial charge in [-0.15, -0.1) is 11.3 Å². The van der Waals surface area contributed by atoms with Crippen LogP contribution in [0.1, 0.15) is 33.5 Å². The van der Waals surface area contributed by atoms with Crippen molar-refractivity contribution in [3.63, 3.8) is 0 Å². The van der Waals surface area contributed by atoms with Crippen LogP contribution in [0.15, 0.2) is 47.8 Å². The standard InChI is InChI=1S/C22H21ClN2O4S/c1-13-4-8-17(9-5-13)28-11-20-24-19(12-30-20)22(27)29-15(3)21(26)25-18-10-16(23)7-6-14(18)2/h4-10,12,15H,11H2,1-3H3,(H,25,26). The molecule has 0 aliphatic carbocycles. The summed E-state index contributed by atoms with van der Waals surface area (Å²) < 4.78 is 10.9. The Balaban J connectivity index is 1.54. The van der Waals surface area contributed by atoms with E-state index in [4.69, 9.17) is 21.1 Å². The SMILES string of the molecule is Cc1ccc(OCc2nc(C(=O)OC(C)C(=O)Nc3cc(Cl)ccc3C)cs2)cc1. The summed E-state index contributed by atoms with van der Waals surface area (Å²) in [5.41, 5.74) is 2.70. The maximum atomic E-state index is 12.4. The Labute approximate surface area is 183 Å². The zero-order chi connectivity index (χ0) is 21.7. The van der Waals surface area contributed by atoms with Gasteiger partial charge in [-0.05, 0) is 50.6 Å². The Kier molecular flexibility index (Phi) is 7.07. The number of rotatable bonds is 7. The molecule has 156 valence electrons. The lowest BCUT2D eigenvalue weighted by atomic mass is 10.2. The van der Waals surface area contributed by atoms with Gasteiger partial charge < -0.3 is 14.8 Å². The van der Waals surface area contributed by atoms with Crippen LogP contribution in [0.4, 0.5) is 5.69 Å². The maximum Gasteiger partial charge on any atom is 0.358 e. The predicted octanol–water partition coefficient (Wildman–Crippen LogP) is 5.18. The first-order valence-electron chi connectivity index (χ1n) is 9.23. The molecule has 1 atom stereocenters. The summed E-state index contributed by atoms with van der Waals surface area (Å²) in [4.78, 5) is 28.9. The van der Waals surface area contributed by atoms with E-state index < -0.39 is 18.0 Å². The molecule has 1 unspecified atom stereocenters. The molecule has 0 spiro atoms. The third kappa shape index (κ3) is 5.81. The largest absolute Gasteiger partial charge is 0.486 e. The molecule has 0 saturated heterocycles. The molecule has 0 saturated carbocycles. The summed E-state index contributed by atoms with van der Waals surface area (Å²) in [5.74, 6) is -0.397. The van der Waals surface area contributed by atoms with E-state index in [0.29, 0.717) is 15.7 Å². The Morgan fingerprint density at radius 3 is 2.63 bits per heavy atom. The average molecular weight is 445 g/mol. The van der Waals surface area contributed by atoms with Crippen molar-refractivity contribution in [3.05, 3.63) is 74.7 Å². The van der Waals surface area contributed by atoms with Crippen molar-refractivity contribution in [3.8, 4) is 5.75 Å². The molecule has 1 heterocycles. The van der Waals surface area contributed by atoms with Crippen LogP contribution < -0.4 is 10.1 Å². The van der Waals surface area contributed by atoms with Crippen molar-refractivity contribution >= 4 is 40.5 Å². The number of esters is 1. The van der Waals surface area contributed by atoms with Crippen LogP contribution in [0.2, 0.25) is 5.02 Å². The average Bonchev–Trinajstić information content (AvgIpc) is 3.19. The Hall–Kier alpha value is -2.90. The first kappa shape index (κ1) is 21.8. The summed E-state index contributed by atoms with van der Waals surface area (Å²) in [6, 6.07) is 12.8. The number of nitrogens with one attached hydrogen (secondary N) is 1. The second-order valence-corrected chi connectivity index (χ2v) is 8.10. The molecule has 1 amide bonds. The molecule has 1 aromatic heterocycles. The molecule has 8 heteroatoms. The van der Waals surface area contributed by atoms with Crippen LogP contribution >= 0.6 is 22.9 Å². The molecule has 2 aromatic carbocycles. The van der Waals surface area contributed by atoms with Gasteiger partial charge >= 0.3 is 5.97 Å². The molecule has 0 radical (unpaired) electrons. The van der Waals surface area contributed by atoms with Crippen LogP contribution in [-0.4, -0.2) is 23.0 Å². The Morgan fingerprint density at radius 1 is 1.17 bits per heavy atom. The molecule has 0 aliphatic heterocycles. The number of aryl methyl sites for hydroxylation is 2. The van der Waals surface area contributed by atoms with Crippen molar-refractivity contribution in [1.82, 2.24) is 4.98 Å². The minimum atomic E-state index is -0.996. The van der Waals surface area contributed by atoms with Crippen molar-refractivity contribution in [2.24, 2.45) is 0 Å². The van der Waals surface area contributed by atoms with Gasteiger partial charge in [-0.2, -0.15) is 0 Å². The number of aromatic nitrogens is 1. The fraction of sp³-hybridized carbons (Fsp3) is 0.227. The summed E-state index contributed by atoms with van der Waals surface area (Å²) in [6.07, 6.45) is -0.996. The number of hydrogen-bond acceptors (Lipinski definition) is 6. The minimum absolute atomic E-state index is 0.140. The van der Waals surface area contributed by atoms with Gasteiger partial charge in [0.2, 0.25) is 0 Å². The molecule has 0 aliphatic rings. The molecule has 30 heavy (non-hydrogen) atoms. The van der Waals surface area contributed by atoms with Crippen molar-refractivity contribution < 1.29 is 19.1 Å². The Bertz CT molecular complexity index is 1050. The highest BCUT2D eigenvalue weighted by Crippen LogP contribution is 2.21. The third-order valence-electron chi connectivity index (χ3n) is 4.25. The molecular formula is C22H21ClN2O4S. The summed E-state index contributed by atoms with van der Waals surface area (Å²) >= 11 is 7.25. The van der Waals surface area contributed by atoms with E-state index in [1.165, 1.54) is 18.3 Å². The fourth-order valence-electron chi connectivity index (χ4n) is 2.49. The van der Waals surface area contributed by atoms with E-state index in [9.17, 15) is 9.59 Å². The van der Waals surface area contributed by atoms with Crippen LogP contribution in [0.5, 0.6) is 5.75 Å². The lowest BCUT2D eigenvalue weighted by Crippen LogP contribution is -2.30. The zero-order valence-electron chi connectivity index (χ0n) is 16.8. The molecule has 6 nitrogen and oxygen atoms in total. The van der Waals surface area contributed by atoms with Gasteiger partial charge in [0.1, 0.15) is 17.4 Å². The van der Waals surface area contributed by atoms with E-state index in [2.05, 4.69) is 10.3 Å². The lowest BCUT2D eigenvalue weighted by molar-refractivity contribution is -0.123. The molecule has 0 fully saturated rings. The van der Waals surface area contributed by atoms with Crippen LogP contribution in [0.25, 0.3) is 0 Å². The predicted molar refractivity (Wildman–Crippen MR) is 117 cm³/mol. The van der Waals surface area contributed by atoms with Crippen LogP contribution in [-0.2, 0) is 16.1 Å². The number of benzene rings is 2. The number of halogens is 1. The van der Waals surface area contributed by atoms with Crippen molar-refractivity contribution in [2.75, 3.05) is 5.32 Å². The van der Waals surface area contributed by atoms with Crippen molar-refractivity contribution in [1.29, 1.82) is 0 Å². The highest BCUT2D eigenvalue weighted by Gasteiger charge is 2.21. The fourth-order valence-corrected chi connectivity index (χ4v) is 3.33. The maximum absolute atomic E-state index is 12.4. The van der Waals surface area contributed by atoms with Gasteiger partial charge in [0.15, 0.2) is 11.8 Å². The second-order valence-electron chi connectivity index (χ2n) is 6.72. The number of ether oxygens (including phenoxy) is 2. The van der Waals surface area contributed by atoms with E-state index in [0.717, 1.165) is 16.9 Å². The Morgan fingerprint density at radius 2 is 1.90 bits per heavy atom. The molecule has 3 aromatic rings. The van der Waals surface area contributed by atoms with E-state index in [-0.39, 0.29) is 12.3 Å². The quantitative estimate of drug-likeness (QED) is 0.508. The van der Waals surface area contributed by atoms with Gasteiger partial charge in [0.25, 0.3) is 5.91 Å². The number of carbonyl (C=O) groups is 2. The topological polar surface area (TPSA) is 77.5 Å². The van der Waals surface area contributed by atoms with E-state index >= 15 is 0 Å². The molecule has 1 N–H and O–H groups in total. The number of anilines is 1. The van der Waals surface area contributed by atoms with E-state index in [1.807, 2.05) is 38.1 Å². The third-order valence-corrected chi connectivity index (χ3v) is 5.31. The lowest BCUT2D eigenvalue weighted by Gasteiger charge is -2.14. The molecular weight excluding hydrogens is 424 g/mol. The minimum Gasteiger partial charge on any atom is -0.486 e. The molecule has 3 rings (SSSR count). The zero-order valence-corrected chi connectivity index (χ0v) is 18.3. The van der Waals surface area contributed by atoms with E-state index in [1.54, 1.807) is 23.6 Å². The summed E-state index contributed by atoms with van der Waals surface area (Å²) in [7, 11) is 0. The second kappa shape index (κ2) is 9.73. The number of carbonyl (C=O) groups excluding carboxylic acids is 2. The van der Waals surface area contributed by atoms with Crippen LogP contribution in [0, 0.1) is 13.8 Å². The number of thiazole rings is 1. The first-order valence-corrected chi connectivity index (χ1v) is 10.5. The van der Waals surface area contributed by atoms with Gasteiger partial charge in [0.05, 0.1) is 0 Å². The molecule has 0 bridgehead atoms. The number of hydrogen-bond donors (Lipinski definition) is 1. The number of nitrogens with zero attached hydrogens (tertiary/aromatic N) is 1. The van der Waals surface area contributed by atoms with Crippen molar-refractivity contribution in [2.45, 2.75) is 33.5 Å². The monoisotopic (exact) mass is 444 g/mol. The summed E-state index contributed by atoms with van der Waals surface area (Å²) in [6.45, 7) is 5.59. The number of amides is 1.